The van der Waals surface area contributed by atoms with Gasteiger partial charge in [-0.15, -0.1) is 0 Å². The molecule has 56 valence electrons. The van der Waals surface area contributed by atoms with Crippen LogP contribution in [0.5, 0.6) is 0 Å². The van der Waals surface area contributed by atoms with Crippen LogP contribution in [0.15, 0.2) is 41.6 Å². The molecule has 0 saturated heterocycles. The van der Waals surface area contributed by atoms with E-state index in [-0.39, 0.29) is 5.78 Å². The molecule has 0 aromatic heterocycles. The maximum Gasteiger partial charge on any atom is 0.161 e. The standard InChI is InChI=1S/C9H9NO/c11-9-5-3-1-2-4-7-10-8-6-9/h1-5,7-8H,6H2/b2-1-,5-3+,7-4+,10-8?. The Morgan fingerprint density at radius 2 is 2.00 bits per heavy atom. The highest BCUT2D eigenvalue weighted by molar-refractivity contribution is 5.99. The summed E-state index contributed by atoms with van der Waals surface area (Å²) in [5, 5.41) is 0. The Morgan fingerprint density at radius 1 is 1.18 bits per heavy atom. The molecule has 2 nitrogen and oxygen atoms in total. The molecule has 0 atom stereocenters. The minimum Gasteiger partial charge on any atom is -0.294 e. The van der Waals surface area contributed by atoms with Crippen LogP contribution in [0.1, 0.15) is 6.42 Å². The maximum atomic E-state index is 10.9. The summed E-state index contributed by atoms with van der Waals surface area (Å²) in [6.07, 6.45) is 12.4. The Labute approximate surface area is 65.6 Å². The quantitative estimate of drug-likeness (QED) is 0.512. The number of allylic oxidation sites excluding steroid dienone is 5. The van der Waals surface area contributed by atoms with Crippen molar-refractivity contribution in [1.82, 2.24) is 0 Å². The summed E-state index contributed by atoms with van der Waals surface area (Å²) in [6.45, 7) is 0. The van der Waals surface area contributed by atoms with Gasteiger partial charge in [0, 0.05) is 18.8 Å². The van der Waals surface area contributed by atoms with Crippen molar-refractivity contribution >= 4 is 12.0 Å². The number of hydrogen-bond donors (Lipinski definition) is 0. The van der Waals surface area contributed by atoms with E-state index in [0.29, 0.717) is 6.42 Å². The molecule has 0 unspecified atom stereocenters. The summed E-state index contributed by atoms with van der Waals surface area (Å²) < 4.78 is 0. The maximum absolute atomic E-state index is 10.9. The minimum absolute atomic E-state index is 0.0775. The summed E-state index contributed by atoms with van der Waals surface area (Å²) in [4.78, 5) is 14.7. The molecule has 0 spiro atoms. The fourth-order valence-electron chi connectivity index (χ4n) is 0.662. The monoisotopic (exact) mass is 147 g/mol. The first-order valence-electron chi connectivity index (χ1n) is 3.44. The van der Waals surface area contributed by atoms with Crippen LogP contribution in [0.4, 0.5) is 0 Å². The molecule has 0 aromatic carbocycles. The summed E-state index contributed by atoms with van der Waals surface area (Å²) in [5.41, 5.74) is 0. The van der Waals surface area contributed by atoms with Gasteiger partial charge in [0.15, 0.2) is 5.78 Å². The lowest BCUT2D eigenvalue weighted by molar-refractivity contribution is -0.113. The van der Waals surface area contributed by atoms with Crippen molar-refractivity contribution in [3.63, 3.8) is 0 Å². The number of aliphatic imine (C=N–C) groups is 1. The summed E-state index contributed by atoms with van der Waals surface area (Å²) in [7, 11) is 0. The first-order valence-corrected chi connectivity index (χ1v) is 3.44. The van der Waals surface area contributed by atoms with E-state index < -0.39 is 0 Å². The van der Waals surface area contributed by atoms with E-state index in [1.165, 1.54) is 0 Å². The van der Waals surface area contributed by atoms with Gasteiger partial charge in [0.25, 0.3) is 0 Å². The van der Waals surface area contributed by atoms with Crippen LogP contribution in [-0.4, -0.2) is 12.0 Å². The van der Waals surface area contributed by atoms with E-state index >= 15 is 0 Å². The Kier molecular flexibility index (Phi) is 3.06. The van der Waals surface area contributed by atoms with Crippen molar-refractivity contribution < 1.29 is 4.79 Å². The molecule has 1 aliphatic heterocycles. The lowest BCUT2D eigenvalue weighted by Gasteiger charge is -1.85. The van der Waals surface area contributed by atoms with Gasteiger partial charge >= 0.3 is 0 Å². The lowest BCUT2D eigenvalue weighted by Crippen LogP contribution is -1.92. The van der Waals surface area contributed by atoms with Crippen LogP contribution in [0.2, 0.25) is 0 Å². The highest BCUT2D eigenvalue weighted by Crippen LogP contribution is 1.88. The third-order valence-electron chi connectivity index (χ3n) is 1.19. The van der Waals surface area contributed by atoms with Crippen molar-refractivity contribution in [2.75, 3.05) is 0 Å². The number of carbonyl (C=O) groups is 1. The van der Waals surface area contributed by atoms with Gasteiger partial charge in [0.2, 0.25) is 0 Å². The summed E-state index contributed by atoms with van der Waals surface area (Å²) >= 11 is 0. The van der Waals surface area contributed by atoms with Crippen LogP contribution in [0.3, 0.4) is 0 Å². The fourth-order valence-corrected chi connectivity index (χ4v) is 0.662. The molecular formula is C9H9NO. The average molecular weight is 147 g/mol. The molecule has 1 rings (SSSR count). The molecule has 11 heavy (non-hydrogen) atoms. The zero-order valence-corrected chi connectivity index (χ0v) is 6.10. The summed E-state index contributed by atoms with van der Waals surface area (Å²) in [5.74, 6) is 0.0775. The van der Waals surface area contributed by atoms with E-state index in [0.717, 1.165) is 0 Å². The molecule has 0 amide bonds. The molecule has 0 bridgehead atoms. The second kappa shape index (κ2) is 4.39. The topological polar surface area (TPSA) is 29.4 Å². The smallest absolute Gasteiger partial charge is 0.161 e. The number of rotatable bonds is 0. The molecule has 0 saturated carbocycles. The van der Waals surface area contributed by atoms with Gasteiger partial charge in [-0.2, -0.15) is 0 Å². The van der Waals surface area contributed by atoms with Crippen molar-refractivity contribution in [2.45, 2.75) is 6.42 Å². The molecular weight excluding hydrogens is 138 g/mol. The average Bonchev–Trinajstić information content (AvgIpc) is 2.03. The predicted octanol–water partition coefficient (Wildman–Crippen LogP) is 1.66. The second-order valence-corrected chi connectivity index (χ2v) is 2.09. The number of nitrogens with zero attached hydrogens (tertiary/aromatic N) is 1. The Bertz CT molecular complexity index is 246. The number of carbonyl (C=O) groups excluding carboxylic acids is 1. The van der Waals surface area contributed by atoms with Gasteiger partial charge in [-0.05, 0) is 12.2 Å². The van der Waals surface area contributed by atoms with Gasteiger partial charge < -0.3 is 0 Å². The van der Waals surface area contributed by atoms with Crippen LogP contribution >= 0.6 is 0 Å². The zero-order chi connectivity index (χ0) is 7.94. The molecule has 0 aromatic rings. The normalized spacial score (nSPS) is 26.0. The third kappa shape index (κ3) is 3.30. The van der Waals surface area contributed by atoms with Crippen molar-refractivity contribution in [2.24, 2.45) is 4.99 Å². The molecule has 0 fully saturated rings. The first-order chi connectivity index (χ1) is 5.39. The fraction of sp³-hybridized carbons (Fsp3) is 0.111. The number of hydrogen-bond acceptors (Lipinski definition) is 2. The van der Waals surface area contributed by atoms with Gasteiger partial charge in [-0.25, -0.2) is 0 Å². The molecule has 0 radical (unpaired) electrons. The largest absolute Gasteiger partial charge is 0.294 e. The molecule has 0 aliphatic carbocycles. The predicted molar refractivity (Wildman–Crippen MR) is 45.5 cm³/mol. The van der Waals surface area contributed by atoms with Crippen molar-refractivity contribution in [1.29, 1.82) is 0 Å². The Hall–Kier alpha value is -1.44. The van der Waals surface area contributed by atoms with Crippen LogP contribution in [0, 0.1) is 0 Å². The lowest BCUT2D eigenvalue weighted by atomic mass is 10.2. The second-order valence-electron chi connectivity index (χ2n) is 2.09. The third-order valence-corrected chi connectivity index (χ3v) is 1.19. The summed E-state index contributed by atoms with van der Waals surface area (Å²) in [6, 6.07) is 0. The van der Waals surface area contributed by atoms with Crippen LogP contribution < -0.4 is 0 Å². The van der Waals surface area contributed by atoms with E-state index in [2.05, 4.69) is 4.99 Å². The first kappa shape index (κ1) is 7.66. The molecule has 1 heterocycles. The number of ketones is 1. The van der Waals surface area contributed by atoms with Crippen LogP contribution in [0.25, 0.3) is 0 Å². The molecule has 0 N–H and O–H groups in total. The minimum atomic E-state index is 0.0775. The van der Waals surface area contributed by atoms with E-state index in [4.69, 9.17) is 0 Å². The van der Waals surface area contributed by atoms with Crippen molar-refractivity contribution in [3.05, 3.63) is 36.6 Å². The van der Waals surface area contributed by atoms with E-state index in [1.54, 1.807) is 30.6 Å². The van der Waals surface area contributed by atoms with Crippen molar-refractivity contribution in [3.8, 4) is 0 Å². The molecule has 2 heteroatoms. The van der Waals surface area contributed by atoms with E-state index in [1.807, 2.05) is 12.2 Å². The highest BCUT2D eigenvalue weighted by Gasteiger charge is 1.90. The van der Waals surface area contributed by atoms with Gasteiger partial charge in [-0.3, -0.25) is 9.79 Å². The zero-order valence-electron chi connectivity index (χ0n) is 6.10. The SMILES string of the molecule is O=C1/C=C/C=C\C=C\N=CC1. The Balaban J connectivity index is 2.69. The highest BCUT2D eigenvalue weighted by atomic mass is 16.1. The molecule has 1 aliphatic rings. The van der Waals surface area contributed by atoms with Gasteiger partial charge in [-0.1, -0.05) is 18.2 Å². The van der Waals surface area contributed by atoms with Gasteiger partial charge in [0.1, 0.15) is 0 Å². The Morgan fingerprint density at radius 3 is 2.91 bits per heavy atom. The van der Waals surface area contributed by atoms with Crippen LogP contribution in [-0.2, 0) is 4.79 Å². The van der Waals surface area contributed by atoms with Gasteiger partial charge in [0.05, 0.1) is 0 Å². The van der Waals surface area contributed by atoms with E-state index in [9.17, 15) is 4.79 Å².